The van der Waals surface area contributed by atoms with Gasteiger partial charge < -0.3 is 39.0 Å². The van der Waals surface area contributed by atoms with Crippen LogP contribution < -0.4 is 0 Å². The minimum absolute atomic E-state index is 0.236. The second-order valence-corrected chi connectivity index (χ2v) is 7.55. The topological polar surface area (TPSA) is 107 Å². The van der Waals surface area contributed by atoms with E-state index in [0.717, 1.165) is 0 Å². The van der Waals surface area contributed by atoms with Gasteiger partial charge in [-0.3, -0.25) is 0 Å². The average Bonchev–Trinajstić information content (AvgIpc) is 2.61. The number of aliphatic hydroxyl groups excluding tert-OH is 3. The Bertz CT molecular complexity index is 435. The molecule has 3 N–H and O–H groups in total. The van der Waals surface area contributed by atoms with Crippen molar-refractivity contribution in [3.63, 3.8) is 0 Å². The molecule has 9 atom stereocenters. The van der Waals surface area contributed by atoms with Gasteiger partial charge in [-0.15, -0.1) is 0 Å². The van der Waals surface area contributed by atoms with Crippen molar-refractivity contribution in [2.75, 3.05) is 6.61 Å². The molecular weight excluding hydrogens is 344 g/mol. The van der Waals surface area contributed by atoms with E-state index in [2.05, 4.69) is 0 Å². The third kappa shape index (κ3) is 5.36. The quantitative estimate of drug-likeness (QED) is 0.642. The Labute approximate surface area is 154 Å². The summed E-state index contributed by atoms with van der Waals surface area (Å²) in [5.74, 6) is 0. The zero-order chi connectivity index (χ0) is 18.7. The normalized spacial score (nSPS) is 47.7. The van der Waals surface area contributed by atoms with Crippen LogP contribution in [-0.4, -0.2) is 77.4 Å². The summed E-state index contributed by atoms with van der Waals surface area (Å²) in [5, 5.41) is 29.3. The number of hydrogen-bond acceptors (Lipinski definition) is 8. The standard InChI is InChI=1S/C18H32O8/c1-10-12(19)3-7-17(23-10)22-9-15-14(5-6-16(21)25-15)26-18-8-4-13(20)11(2)24-18/h10-21H,3-9H2,1-2H3/t10-,11-,12+,13+,14-,15+,16-,17+,18-/m0/s1. The third-order valence-electron chi connectivity index (χ3n) is 5.43. The van der Waals surface area contributed by atoms with Gasteiger partial charge in [0, 0.05) is 19.3 Å². The maximum Gasteiger partial charge on any atom is 0.158 e. The molecular formula is C18H32O8. The molecule has 26 heavy (non-hydrogen) atoms. The summed E-state index contributed by atoms with van der Waals surface area (Å²) >= 11 is 0. The van der Waals surface area contributed by atoms with Crippen LogP contribution in [0.25, 0.3) is 0 Å². The molecule has 8 nitrogen and oxygen atoms in total. The highest BCUT2D eigenvalue weighted by Crippen LogP contribution is 2.28. The van der Waals surface area contributed by atoms with E-state index in [4.69, 9.17) is 23.7 Å². The van der Waals surface area contributed by atoms with Crippen LogP contribution in [-0.2, 0) is 23.7 Å². The smallest absolute Gasteiger partial charge is 0.158 e. The molecule has 0 bridgehead atoms. The summed E-state index contributed by atoms with van der Waals surface area (Å²) < 4.78 is 28.9. The Morgan fingerprint density at radius 3 is 2.04 bits per heavy atom. The van der Waals surface area contributed by atoms with Gasteiger partial charge in [0.15, 0.2) is 18.9 Å². The zero-order valence-corrected chi connectivity index (χ0v) is 15.5. The lowest BCUT2D eigenvalue weighted by atomic mass is 10.0. The second kappa shape index (κ2) is 9.25. The summed E-state index contributed by atoms with van der Waals surface area (Å²) in [4.78, 5) is 0. The van der Waals surface area contributed by atoms with Crippen molar-refractivity contribution in [1.29, 1.82) is 0 Å². The van der Waals surface area contributed by atoms with Gasteiger partial charge >= 0.3 is 0 Å². The van der Waals surface area contributed by atoms with Crippen molar-refractivity contribution in [2.24, 2.45) is 0 Å². The van der Waals surface area contributed by atoms with Gasteiger partial charge in [-0.25, -0.2) is 0 Å². The molecule has 0 amide bonds. The molecule has 0 spiro atoms. The van der Waals surface area contributed by atoms with E-state index in [1.165, 1.54) is 0 Å². The van der Waals surface area contributed by atoms with Gasteiger partial charge in [0.25, 0.3) is 0 Å². The molecule has 0 radical (unpaired) electrons. The van der Waals surface area contributed by atoms with Crippen LogP contribution in [0.4, 0.5) is 0 Å². The molecule has 0 saturated carbocycles. The highest BCUT2D eigenvalue weighted by atomic mass is 16.7. The van der Waals surface area contributed by atoms with E-state index in [1.807, 2.05) is 13.8 Å². The predicted molar refractivity (Wildman–Crippen MR) is 90.1 cm³/mol. The van der Waals surface area contributed by atoms with Gasteiger partial charge in [0.1, 0.15) is 6.10 Å². The van der Waals surface area contributed by atoms with E-state index in [-0.39, 0.29) is 31.2 Å². The minimum Gasteiger partial charge on any atom is -0.390 e. The molecule has 0 aliphatic carbocycles. The molecule has 152 valence electrons. The molecule has 3 rings (SSSR count). The molecule has 3 fully saturated rings. The average molecular weight is 376 g/mol. The summed E-state index contributed by atoms with van der Waals surface area (Å²) in [5.41, 5.74) is 0. The van der Waals surface area contributed by atoms with E-state index in [9.17, 15) is 15.3 Å². The molecule has 8 heteroatoms. The first kappa shape index (κ1) is 20.4. The van der Waals surface area contributed by atoms with Crippen molar-refractivity contribution >= 4 is 0 Å². The maximum absolute atomic E-state index is 9.83. The lowest BCUT2D eigenvalue weighted by molar-refractivity contribution is -0.294. The fourth-order valence-corrected chi connectivity index (χ4v) is 3.65. The van der Waals surface area contributed by atoms with Crippen LogP contribution in [0.2, 0.25) is 0 Å². The fourth-order valence-electron chi connectivity index (χ4n) is 3.65. The van der Waals surface area contributed by atoms with Crippen LogP contribution in [0.3, 0.4) is 0 Å². The Hall–Kier alpha value is -0.320. The van der Waals surface area contributed by atoms with Gasteiger partial charge in [-0.2, -0.15) is 0 Å². The number of aliphatic hydroxyl groups is 3. The largest absolute Gasteiger partial charge is 0.390 e. The first-order valence-corrected chi connectivity index (χ1v) is 9.70. The number of hydrogen-bond donors (Lipinski definition) is 3. The summed E-state index contributed by atoms with van der Waals surface area (Å²) in [6.07, 6.45) is -0.0666. The first-order chi connectivity index (χ1) is 12.4. The summed E-state index contributed by atoms with van der Waals surface area (Å²) in [6.45, 7) is 3.89. The third-order valence-corrected chi connectivity index (χ3v) is 5.43. The molecule has 0 unspecified atom stereocenters. The van der Waals surface area contributed by atoms with E-state index in [1.54, 1.807) is 0 Å². The molecule has 3 heterocycles. The van der Waals surface area contributed by atoms with Gasteiger partial charge in [0.05, 0.1) is 37.1 Å². The van der Waals surface area contributed by atoms with Crippen molar-refractivity contribution in [3.05, 3.63) is 0 Å². The predicted octanol–water partition coefficient (Wildman–Crippen LogP) is 0.657. The van der Waals surface area contributed by atoms with Crippen molar-refractivity contribution in [1.82, 2.24) is 0 Å². The van der Waals surface area contributed by atoms with E-state index < -0.39 is 30.9 Å². The minimum atomic E-state index is -0.829. The highest BCUT2D eigenvalue weighted by molar-refractivity contribution is 4.80. The molecule has 0 aromatic heterocycles. The Morgan fingerprint density at radius 1 is 0.769 bits per heavy atom. The van der Waals surface area contributed by atoms with Crippen LogP contribution >= 0.6 is 0 Å². The van der Waals surface area contributed by atoms with Crippen LogP contribution in [0.5, 0.6) is 0 Å². The first-order valence-electron chi connectivity index (χ1n) is 9.70. The van der Waals surface area contributed by atoms with Gasteiger partial charge in [0.2, 0.25) is 0 Å². The molecule has 3 saturated heterocycles. The van der Waals surface area contributed by atoms with Crippen molar-refractivity contribution in [2.45, 2.75) is 108 Å². The fraction of sp³-hybridized carbons (Fsp3) is 1.00. The van der Waals surface area contributed by atoms with Gasteiger partial charge in [-0.1, -0.05) is 0 Å². The maximum atomic E-state index is 9.83. The molecule has 0 aromatic rings. The molecule has 3 aliphatic rings. The second-order valence-electron chi connectivity index (χ2n) is 7.55. The van der Waals surface area contributed by atoms with E-state index in [0.29, 0.717) is 38.5 Å². The SMILES string of the molecule is C[C@@H]1O[C@@H](OC[C@H]2O[C@H](O)CC[C@@H]2O[C@H]2CC[C@@H](O)[C@H](C)O2)CC[C@H]1O. The van der Waals surface area contributed by atoms with Crippen LogP contribution in [0.1, 0.15) is 52.4 Å². The lowest BCUT2D eigenvalue weighted by Crippen LogP contribution is -2.48. The van der Waals surface area contributed by atoms with Crippen LogP contribution in [0, 0.1) is 0 Å². The molecule has 3 aliphatic heterocycles. The van der Waals surface area contributed by atoms with Crippen LogP contribution in [0.15, 0.2) is 0 Å². The van der Waals surface area contributed by atoms with Crippen molar-refractivity contribution < 1.29 is 39.0 Å². The van der Waals surface area contributed by atoms with Gasteiger partial charge in [-0.05, 0) is 33.1 Å². The highest BCUT2D eigenvalue weighted by Gasteiger charge is 2.37. The zero-order valence-electron chi connectivity index (χ0n) is 15.5. The molecule has 0 aromatic carbocycles. The summed E-state index contributed by atoms with van der Waals surface area (Å²) in [6, 6.07) is 0. The number of rotatable bonds is 5. The number of ether oxygens (including phenoxy) is 5. The Morgan fingerprint density at radius 2 is 1.38 bits per heavy atom. The van der Waals surface area contributed by atoms with E-state index >= 15 is 0 Å². The summed E-state index contributed by atoms with van der Waals surface area (Å²) in [7, 11) is 0. The lowest BCUT2D eigenvalue weighted by Gasteiger charge is -2.39. The Kier molecular flexibility index (Phi) is 7.26. The van der Waals surface area contributed by atoms with Crippen molar-refractivity contribution in [3.8, 4) is 0 Å². The Balaban J connectivity index is 1.50. The monoisotopic (exact) mass is 376 g/mol.